The van der Waals surface area contributed by atoms with Crippen LogP contribution in [0, 0.1) is 17.1 Å². The van der Waals surface area contributed by atoms with Crippen LogP contribution in [0.2, 0.25) is 0 Å². The van der Waals surface area contributed by atoms with Crippen molar-refractivity contribution in [3.63, 3.8) is 0 Å². The molecule has 0 aliphatic heterocycles. The molecule has 0 aliphatic rings. The Bertz CT molecular complexity index is 1300. The van der Waals surface area contributed by atoms with Gasteiger partial charge in [0.25, 0.3) is 5.91 Å². The summed E-state index contributed by atoms with van der Waals surface area (Å²) >= 11 is 0. The third kappa shape index (κ3) is 4.17. The number of oxazole rings is 1. The van der Waals surface area contributed by atoms with E-state index in [-0.39, 0.29) is 11.1 Å². The number of carbonyl (C=O) groups is 1. The first kappa shape index (κ1) is 20.3. The van der Waals surface area contributed by atoms with E-state index in [0.29, 0.717) is 17.5 Å². The molecule has 1 N–H and O–H groups in total. The maximum Gasteiger partial charge on any atom is 0.258 e. The molecule has 3 aromatic carbocycles. The summed E-state index contributed by atoms with van der Waals surface area (Å²) in [4.78, 5) is 17.0. The molecule has 4 rings (SSSR count). The highest BCUT2D eigenvalue weighted by molar-refractivity contribution is 6.04. The fourth-order valence-electron chi connectivity index (χ4n) is 3.27. The van der Waals surface area contributed by atoms with E-state index in [9.17, 15) is 9.18 Å². The first-order valence-electron chi connectivity index (χ1n) is 10.0. The minimum atomic E-state index is -0.739. The van der Waals surface area contributed by atoms with E-state index in [0.717, 1.165) is 29.2 Å². The van der Waals surface area contributed by atoms with Gasteiger partial charge in [-0.3, -0.25) is 4.79 Å². The number of fused-ring (bicyclic) bond motifs is 1. The van der Waals surface area contributed by atoms with Gasteiger partial charge in [-0.25, -0.2) is 9.37 Å². The average Bonchev–Trinajstić information content (AvgIpc) is 3.22. The molecule has 6 heteroatoms. The Morgan fingerprint density at radius 2 is 1.94 bits per heavy atom. The minimum absolute atomic E-state index is 0.126. The van der Waals surface area contributed by atoms with Crippen molar-refractivity contribution in [2.24, 2.45) is 0 Å². The van der Waals surface area contributed by atoms with Crippen LogP contribution in [0.1, 0.15) is 47.7 Å². The number of carbonyl (C=O) groups excluding carboxylic acids is 1. The third-order valence-electron chi connectivity index (χ3n) is 5.33. The van der Waals surface area contributed by atoms with Crippen molar-refractivity contribution in [3.8, 4) is 17.5 Å². The summed E-state index contributed by atoms with van der Waals surface area (Å²) in [5.41, 5.74) is 4.06. The van der Waals surface area contributed by atoms with Gasteiger partial charge < -0.3 is 9.73 Å². The quantitative estimate of drug-likeness (QED) is 0.418. The van der Waals surface area contributed by atoms with Crippen LogP contribution in [0.15, 0.2) is 65.1 Å². The fraction of sp³-hybridized carbons (Fsp3) is 0.160. The van der Waals surface area contributed by atoms with Gasteiger partial charge in [0.1, 0.15) is 11.3 Å². The van der Waals surface area contributed by atoms with E-state index in [2.05, 4.69) is 36.3 Å². The Morgan fingerprint density at radius 3 is 2.61 bits per heavy atom. The summed E-state index contributed by atoms with van der Waals surface area (Å²) in [6.07, 6.45) is 1.05. The zero-order valence-electron chi connectivity index (χ0n) is 17.1. The Balaban J connectivity index is 1.53. The van der Waals surface area contributed by atoms with Crippen molar-refractivity contribution >= 4 is 22.7 Å². The van der Waals surface area contributed by atoms with Crippen LogP contribution in [0.4, 0.5) is 10.1 Å². The second-order valence-corrected chi connectivity index (χ2v) is 7.39. The Morgan fingerprint density at radius 1 is 1.16 bits per heavy atom. The van der Waals surface area contributed by atoms with E-state index in [1.54, 1.807) is 24.3 Å². The summed E-state index contributed by atoms with van der Waals surface area (Å²) < 4.78 is 19.9. The number of nitrogens with one attached hydrogen (secondary N) is 1. The maximum atomic E-state index is 14.0. The Kier molecular flexibility index (Phi) is 5.50. The number of hydrogen-bond donors (Lipinski definition) is 1. The predicted molar refractivity (Wildman–Crippen MR) is 117 cm³/mol. The molecule has 0 spiro atoms. The number of aromatic nitrogens is 1. The second-order valence-electron chi connectivity index (χ2n) is 7.39. The number of benzene rings is 3. The van der Waals surface area contributed by atoms with E-state index in [1.165, 1.54) is 17.7 Å². The highest BCUT2D eigenvalue weighted by Crippen LogP contribution is 2.28. The van der Waals surface area contributed by atoms with Gasteiger partial charge in [-0.05, 0) is 72.5 Å². The molecule has 4 aromatic rings. The molecule has 0 radical (unpaired) electrons. The lowest BCUT2D eigenvalue weighted by Gasteiger charge is -2.07. The molecule has 154 valence electrons. The minimum Gasteiger partial charge on any atom is -0.436 e. The fourth-order valence-corrected chi connectivity index (χ4v) is 3.27. The number of nitriles is 1. The molecule has 0 bridgehead atoms. The van der Waals surface area contributed by atoms with Crippen molar-refractivity contribution in [3.05, 3.63) is 83.2 Å². The second kappa shape index (κ2) is 8.41. The smallest absolute Gasteiger partial charge is 0.258 e. The third-order valence-corrected chi connectivity index (χ3v) is 5.33. The lowest BCUT2D eigenvalue weighted by Crippen LogP contribution is -2.13. The summed E-state index contributed by atoms with van der Waals surface area (Å²) in [6, 6.07) is 18.6. The number of anilines is 1. The number of rotatable bonds is 5. The zero-order valence-corrected chi connectivity index (χ0v) is 17.1. The van der Waals surface area contributed by atoms with Crippen molar-refractivity contribution in [2.45, 2.75) is 26.2 Å². The topological polar surface area (TPSA) is 78.9 Å². The first-order chi connectivity index (χ1) is 15.0. The van der Waals surface area contributed by atoms with Crippen molar-refractivity contribution in [1.29, 1.82) is 5.26 Å². The molecular formula is C25H20FN3O2. The summed E-state index contributed by atoms with van der Waals surface area (Å²) in [7, 11) is 0. The largest absolute Gasteiger partial charge is 0.436 e. The highest BCUT2D eigenvalue weighted by Gasteiger charge is 2.14. The summed E-state index contributed by atoms with van der Waals surface area (Å²) in [6.45, 7) is 4.33. The van der Waals surface area contributed by atoms with Crippen LogP contribution in [0.25, 0.3) is 22.6 Å². The first-order valence-corrected chi connectivity index (χ1v) is 10.0. The number of amides is 1. The molecule has 0 fully saturated rings. The molecule has 1 amide bonds. The molecule has 1 atom stereocenters. The van der Waals surface area contributed by atoms with Gasteiger partial charge in [0, 0.05) is 11.3 Å². The lowest BCUT2D eigenvalue weighted by molar-refractivity contribution is 0.102. The molecule has 0 aliphatic carbocycles. The molecule has 0 unspecified atom stereocenters. The van der Waals surface area contributed by atoms with E-state index in [1.807, 2.05) is 12.1 Å². The van der Waals surface area contributed by atoms with Gasteiger partial charge >= 0.3 is 0 Å². The van der Waals surface area contributed by atoms with E-state index in [4.69, 9.17) is 9.68 Å². The molecule has 5 nitrogen and oxygen atoms in total. The maximum absolute atomic E-state index is 14.0. The Labute approximate surface area is 179 Å². The standard InChI is InChI=1S/C25H20FN3O2/c1-3-15(2)18-7-11-23-22(13-18)29-25(31-23)17-5-8-19(9-6-17)28-24(30)20-10-4-16(14-27)12-21(20)26/h4-13,15H,3H2,1-2H3,(H,28,30)/t15-/m1/s1. The van der Waals surface area contributed by atoms with Gasteiger partial charge in [-0.2, -0.15) is 5.26 Å². The zero-order chi connectivity index (χ0) is 22.0. The van der Waals surface area contributed by atoms with Crippen LogP contribution in [-0.2, 0) is 0 Å². The number of hydrogen-bond acceptors (Lipinski definition) is 4. The SMILES string of the molecule is CC[C@@H](C)c1ccc2oc(-c3ccc(NC(=O)c4ccc(C#N)cc4F)cc3)nc2c1. The average molecular weight is 413 g/mol. The van der Waals surface area contributed by atoms with Crippen LogP contribution >= 0.6 is 0 Å². The summed E-state index contributed by atoms with van der Waals surface area (Å²) in [5.74, 6) is -0.383. The van der Waals surface area contributed by atoms with Crippen LogP contribution in [0.3, 0.4) is 0 Å². The van der Waals surface area contributed by atoms with Crippen LogP contribution < -0.4 is 5.32 Å². The van der Waals surface area contributed by atoms with Crippen molar-refractivity contribution in [2.75, 3.05) is 5.32 Å². The molecule has 1 heterocycles. The molecule has 31 heavy (non-hydrogen) atoms. The molecular weight excluding hydrogens is 393 g/mol. The van der Waals surface area contributed by atoms with Crippen LogP contribution in [0.5, 0.6) is 0 Å². The van der Waals surface area contributed by atoms with Crippen molar-refractivity contribution < 1.29 is 13.6 Å². The van der Waals surface area contributed by atoms with E-state index >= 15 is 0 Å². The normalized spacial score (nSPS) is 11.8. The van der Waals surface area contributed by atoms with E-state index < -0.39 is 11.7 Å². The van der Waals surface area contributed by atoms with Gasteiger partial charge in [-0.1, -0.05) is 19.9 Å². The van der Waals surface area contributed by atoms with Gasteiger partial charge in [0.2, 0.25) is 5.89 Å². The monoisotopic (exact) mass is 413 g/mol. The lowest BCUT2D eigenvalue weighted by atomic mass is 9.98. The molecule has 0 saturated carbocycles. The Hall–Kier alpha value is -3.98. The van der Waals surface area contributed by atoms with Crippen molar-refractivity contribution in [1.82, 2.24) is 4.98 Å². The van der Waals surface area contributed by atoms with Gasteiger partial charge in [-0.15, -0.1) is 0 Å². The van der Waals surface area contributed by atoms with Gasteiger partial charge in [0.05, 0.1) is 17.2 Å². The predicted octanol–water partition coefficient (Wildman–Crippen LogP) is 6.27. The van der Waals surface area contributed by atoms with Crippen LogP contribution in [-0.4, -0.2) is 10.9 Å². The highest BCUT2D eigenvalue weighted by atomic mass is 19.1. The summed E-state index contributed by atoms with van der Waals surface area (Å²) in [5, 5.41) is 11.5. The number of nitrogens with zero attached hydrogens (tertiary/aromatic N) is 2. The van der Waals surface area contributed by atoms with Gasteiger partial charge in [0.15, 0.2) is 5.58 Å². The molecule has 0 saturated heterocycles. The molecule has 1 aromatic heterocycles. The number of halogens is 1.